The van der Waals surface area contributed by atoms with Crippen molar-refractivity contribution < 1.29 is 32.5 Å². The topological polar surface area (TPSA) is 122 Å². The number of imide groups is 1. The van der Waals surface area contributed by atoms with E-state index in [1.807, 2.05) is 0 Å². The number of amides is 4. The number of hydrogen-bond acceptors (Lipinski definition) is 5. The molecular formula is C20H17F3N4O5. The van der Waals surface area contributed by atoms with Gasteiger partial charge in [-0.1, -0.05) is 0 Å². The number of nitro groups is 1. The third-order valence-corrected chi connectivity index (χ3v) is 5.12. The van der Waals surface area contributed by atoms with Gasteiger partial charge in [0.05, 0.1) is 10.5 Å². The maximum atomic E-state index is 13.0. The Bertz CT molecular complexity index is 1090. The zero-order valence-corrected chi connectivity index (χ0v) is 16.8. The normalized spacial score (nSPS) is 19.5. The van der Waals surface area contributed by atoms with E-state index in [0.717, 1.165) is 24.3 Å². The van der Waals surface area contributed by atoms with Crippen LogP contribution in [0.3, 0.4) is 0 Å². The lowest BCUT2D eigenvalue weighted by atomic mass is 9.91. The van der Waals surface area contributed by atoms with Gasteiger partial charge in [0.15, 0.2) is 0 Å². The van der Waals surface area contributed by atoms with Gasteiger partial charge in [0.25, 0.3) is 11.6 Å². The fourth-order valence-electron chi connectivity index (χ4n) is 3.23. The number of halogens is 3. The van der Waals surface area contributed by atoms with E-state index in [0.29, 0.717) is 4.90 Å². The van der Waals surface area contributed by atoms with Crippen LogP contribution in [0.15, 0.2) is 48.5 Å². The minimum atomic E-state index is -4.53. The average molecular weight is 450 g/mol. The van der Waals surface area contributed by atoms with Crippen LogP contribution in [0.2, 0.25) is 0 Å². The molecule has 0 spiro atoms. The Balaban J connectivity index is 1.77. The number of nitrogens with one attached hydrogen (secondary N) is 2. The van der Waals surface area contributed by atoms with Crippen LogP contribution in [-0.2, 0) is 21.3 Å². The number of hydrogen-bond donors (Lipinski definition) is 2. The zero-order chi connectivity index (χ0) is 23.8. The van der Waals surface area contributed by atoms with Crippen molar-refractivity contribution >= 4 is 29.2 Å². The monoisotopic (exact) mass is 450 g/mol. The van der Waals surface area contributed by atoms with Crippen LogP contribution >= 0.6 is 0 Å². The predicted octanol–water partition coefficient (Wildman–Crippen LogP) is 3.41. The van der Waals surface area contributed by atoms with E-state index < -0.39 is 46.1 Å². The van der Waals surface area contributed by atoms with Crippen molar-refractivity contribution in [2.75, 3.05) is 5.32 Å². The molecule has 0 aromatic heterocycles. The van der Waals surface area contributed by atoms with Gasteiger partial charge in [0.2, 0.25) is 5.91 Å². The quantitative estimate of drug-likeness (QED) is 0.411. The maximum Gasteiger partial charge on any atom is 0.416 e. The average Bonchev–Trinajstić information content (AvgIpc) is 2.96. The van der Waals surface area contributed by atoms with Gasteiger partial charge >= 0.3 is 12.2 Å². The summed E-state index contributed by atoms with van der Waals surface area (Å²) >= 11 is 0. The number of nitrogens with zero attached hydrogens (tertiary/aromatic N) is 2. The highest BCUT2D eigenvalue weighted by molar-refractivity contribution is 6.11. The number of benzene rings is 2. The van der Waals surface area contributed by atoms with Crippen molar-refractivity contribution in [1.82, 2.24) is 10.2 Å². The van der Waals surface area contributed by atoms with Crippen molar-refractivity contribution in [2.45, 2.75) is 31.6 Å². The molecule has 2 N–H and O–H groups in total. The van der Waals surface area contributed by atoms with Crippen LogP contribution in [0.4, 0.5) is 29.3 Å². The first-order valence-electron chi connectivity index (χ1n) is 9.23. The zero-order valence-electron chi connectivity index (χ0n) is 16.8. The third kappa shape index (κ3) is 4.11. The highest BCUT2D eigenvalue weighted by atomic mass is 19.4. The fourth-order valence-corrected chi connectivity index (χ4v) is 3.23. The second-order valence-corrected chi connectivity index (χ2v) is 7.27. The Kier molecular flexibility index (Phi) is 5.64. The van der Waals surface area contributed by atoms with Crippen molar-refractivity contribution in [2.24, 2.45) is 0 Å². The molecule has 0 radical (unpaired) electrons. The van der Waals surface area contributed by atoms with Gasteiger partial charge in [0, 0.05) is 17.8 Å². The summed E-state index contributed by atoms with van der Waals surface area (Å²) in [6.07, 6.45) is -4.53. The molecule has 0 saturated carbocycles. The highest BCUT2D eigenvalue weighted by Crippen LogP contribution is 2.32. The lowest BCUT2D eigenvalue weighted by molar-refractivity contribution is -0.384. The molecule has 0 aliphatic carbocycles. The first kappa shape index (κ1) is 22.7. The molecule has 9 nitrogen and oxygen atoms in total. The Hall–Kier alpha value is -3.96. The molecule has 0 bridgehead atoms. The second kappa shape index (κ2) is 7.94. The molecule has 1 fully saturated rings. The molecular weight excluding hydrogens is 433 g/mol. The van der Waals surface area contributed by atoms with E-state index in [4.69, 9.17) is 0 Å². The van der Waals surface area contributed by atoms with Crippen LogP contribution < -0.4 is 10.6 Å². The van der Waals surface area contributed by atoms with Crippen LogP contribution in [0.1, 0.15) is 25.0 Å². The number of carbonyl (C=O) groups excluding carboxylic acids is 3. The maximum absolute atomic E-state index is 13.0. The first-order valence-corrected chi connectivity index (χ1v) is 9.23. The predicted molar refractivity (Wildman–Crippen MR) is 105 cm³/mol. The lowest BCUT2D eigenvalue weighted by Crippen LogP contribution is -2.47. The standard InChI is InChI=1S/C20H17F3N4O5/c1-11(16(28)24-14-7-3-13(4-8-14)20(21,22)23)26-17(29)19(2,25-18(26)30)12-5-9-15(10-6-12)27(31)32/h3-11H,1-2H3,(H,24,28)(H,25,30)/t11-,19-/m1/s1. The van der Waals surface area contributed by atoms with Gasteiger partial charge in [-0.05, 0) is 55.8 Å². The smallest absolute Gasteiger partial charge is 0.324 e. The molecule has 3 rings (SSSR count). The Morgan fingerprint density at radius 2 is 1.69 bits per heavy atom. The van der Waals surface area contributed by atoms with Gasteiger partial charge in [0.1, 0.15) is 11.6 Å². The van der Waals surface area contributed by atoms with Crippen molar-refractivity contribution in [1.29, 1.82) is 0 Å². The third-order valence-electron chi connectivity index (χ3n) is 5.12. The molecule has 2 aromatic rings. The summed E-state index contributed by atoms with van der Waals surface area (Å²) < 4.78 is 38.0. The molecule has 0 unspecified atom stereocenters. The SMILES string of the molecule is C[C@H](C(=O)Nc1ccc(C(F)(F)F)cc1)N1C(=O)N[C@](C)(c2ccc([N+](=O)[O-])cc2)C1=O. The largest absolute Gasteiger partial charge is 0.416 e. The minimum Gasteiger partial charge on any atom is -0.324 e. The molecule has 12 heteroatoms. The summed E-state index contributed by atoms with van der Waals surface area (Å²) in [5.41, 5.74) is -2.32. The summed E-state index contributed by atoms with van der Waals surface area (Å²) in [5.74, 6) is -1.55. The number of nitro benzene ring substituents is 1. The first-order chi connectivity index (χ1) is 14.8. The summed E-state index contributed by atoms with van der Waals surface area (Å²) in [6, 6.07) is 6.57. The van der Waals surface area contributed by atoms with E-state index in [9.17, 15) is 37.7 Å². The molecule has 32 heavy (non-hydrogen) atoms. The van der Waals surface area contributed by atoms with E-state index in [1.54, 1.807) is 0 Å². The number of rotatable bonds is 5. The summed E-state index contributed by atoms with van der Waals surface area (Å²) in [5, 5.41) is 15.7. The van der Waals surface area contributed by atoms with Crippen LogP contribution in [0, 0.1) is 10.1 Å². The summed E-state index contributed by atoms with van der Waals surface area (Å²) in [7, 11) is 0. The van der Waals surface area contributed by atoms with Gasteiger partial charge in [-0.15, -0.1) is 0 Å². The van der Waals surface area contributed by atoms with Crippen molar-refractivity contribution in [3.63, 3.8) is 0 Å². The molecule has 1 heterocycles. The molecule has 1 aliphatic rings. The molecule has 1 aliphatic heterocycles. The number of alkyl halides is 3. The van der Waals surface area contributed by atoms with Crippen molar-refractivity contribution in [3.05, 3.63) is 69.8 Å². The van der Waals surface area contributed by atoms with Gasteiger partial charge in [-0.2, -0.15) is 13.2 Å². The van der Waals surface area contributed by atoms with E-state index in [-0.39, 0.29) is 16.9 Å². The Morgan fingerprint density at radius 1 is 1.12 bits per heavy atom. The van der Waals surface area contributed by atoms with Crippen molar-refractivity contribution in [3.8, 4) is 0 Å². The Morgan fingerprint density at radius 3 is 2.19 bits per heavy atom. The van der Waals surface area contributed by atoms with Gasteiger partial charge in [-0.25, -0.2) is 9.69 Å². The van der Waals surface area contributed by atoms with E-state index in [2.05, 4.69) is 10.6 Å². The molecule has 4 amide bonds. The summed E-state index contributed by atoms with van der Waals surface area (Å²) in [4.78, 5) is 49.0. The molecule has 168 valence electrons. The molecule has 1 saturated heterocycles. The lowest BCUT2D eigenvalue weighted by Gasteiger charge is -2.24. The molecule has 2 atom stereocenters. The fraction of sp³-hybridized carbons (Fsp3) is 0.250. The number of non-ortho nitro benzene ring substituents is 1. The minimum absolute atomic E-state index is 0.0556. The highest BCUT2D eigenvalue weighted by Gasteiger charge is 2.51. The van der Waals surface area contributed by atoms with Gasteiger partial charge < -0.3 is 10.6 Å². The second-order valence-electron chi connectivity index (χ2n) is 7.27. The van der Waals surface area contributed by atoms with E-state index >= 15 is 0 Å². The van der Waals surface area contributed by atoms with E-state index in [1.165, 1.54) is 38.1 Å². The van der Waals surface area contributed by atoms with Gasteiger partial charge in [-0.3, -0.25) is 19.7 Å². The molecule has 2 aromatic carbocycles. The van der Waals surface area contributed by atoms with Crippen LogP contribution in [-0.4, -0.2) is 33.7 Å². The Labute approximate surface area is 179 Å². The summed E-state index contributed by atoms with van der Waals surface area (Å²) in [6.45, 7) is 2.69. The van der Waals surface area contributed by atoms with Crippen LogP contribution in [0.5, 0.6) is 0 Å². The van der Waals surface area contributed by atoms with Crippen LogP contribution in [0.25, 0.3) is 0 Å². The number of urea groups is 1. The number of anilines is 1. The number of carbonyl (C=O) groups is 3.